The fraction of sp³-hybridized carbons (Fsp3) is 0.692. The number of hydrogen-bond acceptors (Lipinski definition) is 5. The monoisotopic (exact) mass is 249 g/mol. The van der Waals surface area contributed by atoms with Crippen LogP contribution in [0.3, 0.4) is 0 Å². The zero-order valence-electron chi connectivity index (χ0n) is 11.3. The van der Waals surface area contributed by atoms with Crippen molar-refractivity contribution in [2.24, 2.45) is 5.92 Å². The molecule has 0 atom stereocenters. The quantitative estimate of drug-likeness (QED) is 0.846. The Hall–Kier alpha value is -1.36. The normalized spacial score (nSPS) is 17.9. The van der Waals surface area contributed by atoms with Crippen LogP contribution in [0.1, 0.15) is 25.6 Å². The standard InChI is InChI=1S/C13H23N5/c1-3-18-6-4-11(5-7-18)9-15-13-8-12(14)16-10(2)17-13/h8,11H,3-7,9H2,1-2H3,(H3,14,15,16,17). The summed E-state index contributed by atoms with van der Waals surface area (Å²) in [6, 6.07) is 1.80. The summed E-state index contributed by atoms with van der Waals surface area (Å²) in [5.41, 5.74) is 5.71. The van der Waals surface area contributed by atoms with Gasteiger partial charge in [-0.05, 0) is 45.3 Å². The minimum atomic E-state index is 0.533. The number of aryl methyl sites for hydroxylation is 1. The van der Waals surface area contributed by atoms with Gasteiger partial charge in [-0.3, -0.25) is 0 Å². The van der Waals surface area contributed by atoms with E-state index >= 15 is 0 Å². The van der Waals surface area contributed by atoms with E-state index in [1.54, 1.807) is 6.07 Å². The lowest BCUT2D eigenvalue weighted by molar-refractivity contribution is 0.198. The van der Waals surface area contributed by atoms with Crippen molar-refractivity contribution in [3.05, 3.63) is 11.9 Å². The molecule has 3 N–H and O–H groups in total. The highest BCUT2D eigenvalue weighted by molar-refractivity contribution is 5.44. The van der Waals surface area contributed by atoms with Crippen LogP contribution < -0.4 is 11.1 Å². The predicted molar refractivity (Wildman–Crippen MR) is 74.5 cm³/mol. The van der Waals surface area contributed by atoms with Crippen molar-refractivity contribution in [3.8, 4) is 0 Å². The van der Waals surface area contributed by atoms with Gasteiger partial charge in [-0.15, -0.1) is 0 Å². The Kier molecular flexibility index (Phi) is 4.36. The second kappa shape index (κ2) is 6.00. The molecule has 1 aromatic heterocycles. The number of piperidine rings is 1. The number of aromatic nitrogens is 2. The molecular weight excluding hydrogens is 226 g/mol. The Morgan fingerprint density at radius 3 is 2.72 bits per heavy atom. The van der Waals surface area contributed by atoms with Crippen LogP contribution in [0.5, 0.6) is 0 Å². The smallest absolute Gasteiger partial charge is 0.131 e. The van der Waals surface area contributed by atoms with Crippen molar-refractivity contribution in [1.29, 1.82) is 0 Å². The van der Waals surface area contributed by atoms with Crippen molar-refractivity contribution < 1.29 is 0 Å². The Bertz CT molecular complexity index is 365. The average Bonchev–Trinajstić information content (AvgIpc) is 2.36. The van der Waals surface area contributed by atoms with Gasteiger partial charge in [0, 0.05) is 12.6 Å². The van der Waals surface area contributed by atoms with Crippen LogP contribution >= 0.6 is 0 Å². The minimum Gasteiger partial charge on any atom is -0.384 e. The lowest BCUT2D eigenvalue weighted by Crippen LogP contribution is -2.35. The van der Waals surface area contributed by atoms with Crippen molar-refractivity contribution in [1.82, 2.24) is 14.9 Å². The number of nitrogens with one attached hydrogen (secondary N) is 1. The van der Waals surface area contributed by atoms with Crippen molar-refractivity contribution in [3.63, 3.8) is 0 Å². The maximum atomic E-state index is 5.71. The summed E-state index contributed by atoms with van der Waals surface area (Å²) in [6.45, 7) is 8.67. The number of nitrogens with zero attached hydrogens (tertiary/aromatic N) is 3. The minimum absolute atomic E-state index is 0.533. The van der Waals surface area contributed by atoms with Gasteiger partial charge in [-0.2, -0.15) is 0 Å². The van der Waals surface area contributed by atoms with E-state index in [-0.39, 0.29) is 0 Å². The second-order valence-electron chi connectivity index (χ2n) is 4.98. The molecule has 0 bridgehead atoms. The number of rotatable bonds is 4. The summed E-state index contributed by atoms with van der Waals surface area (Å²) in [7, 11) is 0. The first-order valence-electron chi connectivity index (χ1n) is 6.74. The maximum Gasteiger partial charge on any atom is 0.131 e. The average molecular weight is 249 g/mol. The number of hydrogen-bond donors (Lipinski definition) is 2. The molecule has 18 heavy (non-hydrogen) atoms. The van der Waals surface area contributed by atoms with Gasteiger partial charge in [0.05, 0.1) is 0 Å². The predicted octanol–water partition coefficient (Wildman–Crippen LogP) is 1.51. The van der Waals surface area contributed by atoms with Gasteiger partial charge >= 0.3 is 0 Å². The zero-order chi connectivity index (χ0) is 13.0. The van der Waals surface area contributed by atoms with E-state index in [2.05, 4.69) is 27.1 Å². The molecule has 100 valence electrons. The first-order valence-corrected chi connectivity index (χ1v) is 6.74. The highest BCUT2D eigenvalue weighted by atomic mass is 15.1. The molecular formula is C13H23N5. The van der Waals surface area contributed by atoms with Gasteiger partial charge in [0.1, 0.15) is 17.5 Å². The van der Waals surface area contributed by atoms with Crippen LogP contribution in [0, 0.1) is 12.8 Å². The van der Waals surface area contributed by atoms with Crippen molar-refractivity contribution in [2.75, 3.05) is 37.2 Å². The molecule has 0 aromatic carbocycles. The molecule has 0 radical (unpaired) electrons. The Labute approximate surface area is 109 Å². The van der Waals surface area contributed by atoms with Gasteiger partial charge in [0.2, 0.25) is 0 Å². The van der Waals surface area contributed by atoms with Gasteiger partial charge in [0.15, 0.2) is 0 Å². The van der Waals surface area contributed by atoms with Crippen LogP contribution in [0.4, 0.5) is 11.6 Å². The summed E-state index contributed by atoms with van der Waals surface area (Å²) in [6.07, 6.45) is 2.53. The summed E-state index contributed by atoms with van der Waals surface area (Å²) >= 11 is 0. The number of nitrogen functional groups attached to an aromatic ring is 1. The lowest BCUT2D eigenvalue weighted by atomic mass is 9.97. The molecule has 2 rings (SSSR count). The summed E-state index contributed by atoms with van der Waals surface area (Å²) in [4.78, 5) is 10.9. The van der Waals surface area contributed by atoms with Crippen LogP contribution in [0.15, 0.2) is 6.07 Å². The number of anilines is 2. The van der Waals surface area contributed by atoms with E-state index in [0.29, 0.717) is 5.82 Å². The molecule has 0 unspecified atom stereocenters. The summed E-state index contributed by atoms with van der Waals surface area (Å²) in [5, 5.41) is 3.38. The maximum absolute atomic E-state index is 5.71. The highest BCUT2D eigenvalue weighted by Gasteiger charge is 2.17. The molecule has 0 spiro atoms. The Morgan fingerprint density at radius 2 is 2.11 bits per heavy atom. The lowest BCUT2D eigenvalue weighted by Gasteiger charge is -2.31. The molecule has 1 aliphatic rings. The van der Waals surface area contributed by atoms with Crippen molar-refractivity contribution >= 4 is 11.6 Å². The fourth-order valence-electron chi connectivity index (χ4n) is 2.44. The van der Waals surface area contributed by atoms with Crippen LogP contribution in [-0.2, 0) is 0 Å². The first-order chi connectivity index (χ1) is 8.67. The van der Waals surface area contributed by atoms with Gasteiger partial charge in [0.25, 0.3) is 0 Å². The molecule has 5 heteroatoms. The molecule has 5 nitrogen and oxygen atoms in total. The van der Waals surface area contributed by atoms with Gasteiger partial charge in [-0.1, -0.05) is 6.92 Å². The van der Waals surface area contributed by atoms with Crippen molar-refractivity contribution in [2.45, 2.75) is 26.7 Å². The highest BCUT2D eigenvalue weighted by Crippen LogP contribution is 2.18. The largest absolute Gasteiger partial charge is 0.384 e. The Balaban J connectivity index is 1.81. The third-order valence-corrected chi connectivity index (χ3v) is 3.58. The molecule has 2 heterocycles. The molecule has 0 amide bonds. The molecule has 0 saturated carbocycles. The third-order valence-electron chi connectivity index (χ3n) is 3.58. The molecule has 1 aliphatic heterocycles. The second-order valence-corrected chi connectivity index (χ2v) is 4.98. The number of likely N-dealkylation sites (tertiary alicyclic amines) is 1. The zero-order valence-corrected chi connectivity index (χ0v) is 11.3. The van der Waals surface area contributed by atoms with E-state index in [0.717, 1.165) is 24.1 Å². The topological polar surface area (TPSA) is 67.1 Å². The van der Waals surface area contributed by atoms with E-state index in [4.69, 9.17) is 5.73 Å². The first kappa shape index (κ1) is 13.1. The van der Waals surface area contributed by atoms with E-state index < -0.39 is 0 Å². The Morgan fingerprint density at radius 1 is 1.39 bits per heavy atom. The summed E-state index contributed by atoms with van der Waals surface area (Å²) < 4.78 is 0. The number of nitrogens with two attached hydrogens (primary N) is 1. The molecule has 1 fully saturated rings. The van der Waals surface area contributed by atoms with Crippen LogP contribution in [-0.4, -0.2) is 41.0 Å². The molecule has 0 aliphatic carbocycles. The molecule has 1 saturated heterocycles. The third kappa shape index (κ3) is 3.57. The van der Waals surface area contributed by atoms with Crippen LogP contribution in [0.25, 0.3) is 0 Å². The van der Waals surface area contributed by atoms with Gasteiger partial charge < -0.3 is 16.0 Å². The van der Waals surface area contributed by atoms with E-state index in [1.807, 2.05) is 6.92 Å². The van der Waals surface area contributed by atoms with E-state index in [9.17, 15) is 0 Å². The fourth-order valence-corrected chi connectivity index (χ4v) is 2.44. The van der Waals surface area contributed by atoms with Crippen LogP contribution in [0.2, 0.25) is 0 Å². The van der Waals surface area contributed by atoms with Gasteiger partial charge in [-0.25, -0.2) is 9.97 Å². The molecule has 1 aromatic rings. The summed E-state index contributed by atoms with van der Waals surface area (Å²) in [5.74, 6) is 2.84. The van der Waals surface area contributed by atoms with E-state index in [1.165, 1.54) is 32.5 Å². The SMILES string of the molecule is CCN1CCC(CNc2cc(N)nc(C)n2)CC1.